The number of rotatable bonds is 6. The number of carbonyl (C=O) groups excluding carboxylic acids is 3. The van der Waals surface area contributed by atoms with Crippen molar-refractivity contribution in [1.29, 1.82) is 0 Å². The van der Waals surface area contributed by atoms with E-state index in [1.807, 2.05) is 19.9 Å². The topological polar surface area (TPSA) is 89.9 Å². The number of hydrogen-bond acceptors (Lipinski definition) is 6. The summed E-state index contributed by atoms with van der Waals surface area (Å²) in [5.74, 6) is -1.75. The number of methoxy groups -OCH3 is 1. The molecular weight excluding hydrogens is 360 g/mol. The van der Waals surface area contributed by atoms with Gasteiger partial charge >= 0.3 is 5.97 Å². The van der Waals surface area contributed by atoms with E-state index in [0.717, 1.165) is 11.6 Å². The van der Waals surface area contributed by atoms with Crippen molar-refractivity contribution in [2.75, 3.05) is 7.11 Å². The van der Waals surface area contributed by atoms with E-state index in [4.69, 9.17) is 9.47 Å². The third-order valence-electron chi connectivity index (χ3n) is 4.48. The van der Waals surface area contributed by atoms with Crippen LogP contribution in [0.3, 0.4) is 0 Å². The molecule has 148 valence electrons. The first-order valence-electron chi connectivity index (χ1n) is 8.89. The molecule has 0 fully saturated rings. The maximum absolute atomic E-state index is 13.1. The number of ether oxygens (including phenoxy) is 2. The summed E-state index contributed by atoms with van der Waals surface area (Å²) >= 11 is 0. The molecule has 28 heavy (non-hydrogen) atoms. The quantitative estimate of drug-likeness (QED) is 0.454. The summed E-state index contributed by atoms with van der Waals surface area (Å²) in [6.07, 6.45) is 3.87. The highest BCUT2D eigenvalue weighted by molar-refractivity contribution is 6.27. The van der Waals surface area contributed by atoms with E-state index in [1.54, 1.807) is 19.9 Å². The van der Waals surface area contributed by atoms with E-state index >= 15 is 0 Å². The first-order chi connectivity index (χ1) is 13.2. The van der Waals surface area contributed by atoms with Crippen LogP contribution in [0.4, 0.5) is 0 Å². The van der Waals surface area contributed by atoms with Crippen molar-refractivity contribution >= 4 is 17.5 Å². The highest BCUT2D eigenvalue weighted by Crippen LogP contribution is 2.37. The van der Waals surface area contributed by atoms with Crippen LogP contribution in [0.5, 0.6) is 11.5 Å². The second-order valence-corrected chi connectivity index (χ2v) is 6.71. The molecule has 1 aliphatic carbocycles. The summed E-state index contributed by atoms with van der Waals surface area (Å²) in [5, 5.41) is 10.2. The van der Waals surface area contributed by atoms with Crippen LogP contribution < -0.4 is 4.74 Å². The molecule has 0 bridgehead atoms. The van der Waals surface area contributed by atoms with Crippen LogP contribution in [0.2, 0.25) is 0 Å². The number of benzene rings is 1. The lowest BCUT2D eigenvalue weighted by Crippen LogP contribution is -2.29. The molecule has 0 unspecified atom stereocenters. The number of carbonyl (C=O) groups is 3. The van der Waals surface area contributed by atoms with Gasteiger partial charge in [0.15, 0.2) is 11.6 Å². The fraction of sp³-hybridized carbons (Fsp3) is 0.318. The minimum Gasteiger partial charge on any atom is -0.507 e. The monoisotopic (exact) mass is 384 g/mol. The Morgan fingerprint density at radius 1 is 1.18 bits per heavy atom. The first kappa shape index (κ1) is 21.2. The van der Waals surface area contributed by atoms with Crippen molar-refractivity contribution in [2.24, 2.45) is 0 Å². The number of phenols is 1. The Morgan fingerprint density at radius 3 is 2.43 bits per heavy atom. The zero-order valence-electron chi connectivity index (χ0n) is 16.7. The predicted octanol–water partition coefficient (Wildman–Crippen LogP) is 3.94. The van der Waals surface area contributed by atoms with Crippen LogP contribution in [0.25, 0.3) is 0 Å². The minimum atomic E-state index is -0.951. The number of allylic oxidation sites excluding steroid dienone is 3. The van der Waals surface area contributed by atoms with Gasteiger partial charge in [-0.25, -0.2) is 4.79 Å². The zero-order valence-corrected chi connectivity index (χ0v) is 16.7. The van der Waals surface area contributed by atoms with Crippen LogP contribution in [0.15, 0.2) is 47.1 Å². The summed E-state index contributed by atoms with van der Waals surface area (Å²) < 4.78 is 10.7. The van der Waals surface area contributed by atoms with Gasteiger partial charge in [0.1, 0.15) is 17.6 Å². The van der Waals surface area contributed by atoms with Crippen LogP contribution in [-0.4, -0.2) is 35.9 Å². The number of Topliss-reactive ketones (excluding diaryl/α,β-unsaturated/α-hetero) is 1. The second kappa shape index (κ2) is 8.69. The third-order valence-corrected chi connectivity index (χ3v) is 4.48. The van der Waals surface area contributed by atoms with E-state index in [9.17, 15) is 19.5 Å². The van der Waals surface area contributed by atoms with Crippen molar-refractivity contribution < 1.29 is 29.0 Å². The number of phenolic OH excluding ortho intramolecular Hbond substituents is 1. The smallest absolute Gasteiger partial charge is 0.334 e. The lowest BCUT2D eigenvalue weighted by molar-refractivity contribution is -0.142. The molecule has 0 saturated heterocycles. The van der Waals surface area contributed by atoms with E-state index < -0.39 is 23.6 Å². The molecule has 0 heterocycles. The standard InChI is InChI=1S/C22H24O6/c1-6-13(4)22(26)28-17(9-7-12(2)3)14-11-16(24)19-18(27-5)10-8-15(23)20(19)21(14)25/h6-8,10-11,17,23H,9H2,1-5H3/b13-6-/t17-/m0/s1. The summed E-state index contributed by atoms with van der Waals surface area (Å²) in [7, 11) is 1.38. The van der Waals surface area contributed by atoms with Gasteiger partial charge in [-0.15, -0.1) is 0 Å². The molecule has 0 saturated carbocycles. The third kappa shape index (κ3) is 4.22. The molecule has 0 spiro atoms. The van der Waals surface area contributed by atoms with Crippen molar-refractivity contribution in [3.8, 4) is 11.5 Å². The number of ketones is 2. The normalized spacial score (nSPS) is 14.8. The van der Waals surface area contributed by atoms with E-state index in [1.165, 1.54) is 19.2 Å². The van der Waals surface area contributed by atoms with Crippen LogP contribution in [-0.2, 0) is 9.53 Å². The molecule has 1 atom stereocenters. The largest absolute Gasteiger partial charge is 0.507 e. The maximum atomic E-state index is 13.1. The van der Waals surface area contributed by atoms with Gasteiger partial charge < -0.3 is 14.6 Å². The summed E-state index contributed by atoms with van der Waals surface area (Å²) in [6, 6.07) is 2.72. The molecule has 0 radical (unpaired) electrons. The van der Waals surface area contributed by atoms with Crippen molar-refractivity contribution in [1.82, 2.24) is 0 Å². The number of esters is 1. The number of fused-ring (bicyclic) bond motifs is 1. The summed E-state index contributed by atoms with van der Waals surface area (Å²) in [6.45, 7) is 7.07. The highest BCUT2D eigenvalue weighted by Gasteiger charge is 2.36. The molecule has 1 aromatic carbocycles. The van der Waals surface area contributed by atoms with Crippen molar-refractivity contribution in [3.63, 3.8) is 0 Å². The predicted molar refractivity (Wildman–Crippen MR) is 105 cm³/mol. The van der Waals surface area contributed by atoms with Gasteiger partial charge in [-0.05, 0) is 45.9 Å². The second-order valence-electron chi connectivity index (χ2n) is 6.71. The van der Waals surface area contributed by atoms with Gasteiger partial charge in [-0.2, -0.15) is 0 Å². The number of hydrogen-bond donors (Lipinski definition) is 1. The minimum absolute atomic E-state index is 0.00757. The Morgan fingerprint density at radius 2 is 1.86 bits per heavy atom. The van der Waals surface area contributed by atoms with Gasteiger partial charge in [0, 0.05) is 17.6 Å². The van der Waals surface area contributed by atoms with E-state index in [2.05, 4.69) is 0 Å². The molecule has 6 heteroatoms. The molecule has 6 nitrogen and oxygen atoms in total. The average Bonchev–Trinajstić information content (AvgIpc) is 2.66. The molecule has 1 aliphatic rings. The Kier molecular flexibility index (Phi) is 6.57. The van der Waals surface area contributed by atoms with Gasteiger partial charge in [0.2, 0.25) is 0 Å². The molecular formula is C22H24O6. The lowest BCUT2D eigenvalue weighted by Gasteiger charge is -2.24. The van der Waals surface area contributed by atoms with E-state index in [-0.39, 0.29) is 34.6 Å². The zero-order chi connectivity index (χ0) is 21.0. The fourth-order valence-corrected chi connectivity index (χ4v) is 2.80. The Balaban J connectivity index is 2.53. The summed E-state index contributed by atoms with van der Waals surface area (Å²) in [4.78, 5) is 38.1. The SMILES string of the molecule is C/C=C(/C)C(=O)O[C@@H](CC=C(C)C)C1=CC(=O)c2c(OC)ccc(O)c2C1=O. The Labute approximate surface area is 164 Å². The molecule has 0 aliphatic heterocycles. The van der Waals surface area contributed by atoms with Gasteiger partial charge in [-0.1, -0.05) is 17.7 Å². The lowest BCUT2D eigenvalue weighted by atomic mass is 9.85. The Hall–Kier alpha value is -3.15. The fourth-order valence-electron chi connectivity index (χ4n) is 2.80. The highest BCUT2D eigenvalue weighted by atomic mass is 16.5. The maximum Gasteiger partial charge on any atom is 0.334 e. The van der Waals surface area contributed by atoms with Gasteiger partial charge in [0.05, 0.1) is 18.2 Å². The van der Waals surface area contributed by atoms with Gasteiger partial charge in [0.25, 0.3) is 0 Å². The van der Waals surface area contributed by atoms with Crippen LogP contribution >= 0.6 is 0 Å². The van der Waals surface area contributed by atoms with Gasteiger partial charge in [-0.3, -0.25) is 9.59 Å². The average molecular weight is 384 g/mol. The first-order valence-corrected chi connectivity index (χ1v) is 8.89. The Bertz CT molecular complexity index is 913. The van der Waals surface area contributed by atoms with E-state index in [0.29, 0.717) is 5.57 Å². The molecule has 1 aromatic rings. The molecule has 2 rings (SSSR count). The molecule has 0 aromatic heterocycles. The van der Waals surface area contributed by atoms with Crippen LogP contribution in [0, 0.1) is 0 Å². The van der Waals surface area contributed by atoms with Crippen LogP contribution in [0.1, 0.15) is 54.8 Å². The molecule has 0 amide bonds. The molecule has 1 N–H and O–H groups in total. The van der Waals surface area contributed by atoms with Crippen molar-refractivity contribution in [2.45, 2.75) is 40.2 Å². The van der Waals surface area contributed by atoms with Crippen molar-refractivity contribution in [3.05, 3.63) is 58.2 Å². The summed E-state index contributed by atoms with van der Waals surface area (Å²) in [5.41, 5.74) is 1.26. The number of aromatic hydroxyl groups is 1.